The molecule has 1 unspecified atom stereocenters. The second-order valence-corrected chi connectivity index (χ2v) is 6.09. The average Bonchev–Trinajstić information content (AvgIpc) is 3.29. The molecule has 2 aliphatic heterocycles. The zero-order valence-corrected chi connectivity index (χ0v) is 14.4. The van der Waals surface area contributed by atoms with Crippen LogP contribution in [-0.2, 0) is 0 Å². The lowest BCUT2D eigenvalue weighted by atomic mass is 10.2. The number of aliphatic imine (C=N–C) groups is 1. The first-order valence-corrected chi connectivity index (χ1v) is 8.82. The Labute approximate surface area is 144 Å². The van der Waals surface area contributed by atoms with E-state index in [1.165, 1.54) is 6.42 Å². The van der Waals surface area contributed by atoms with Gasteiger partial charge in [-0.1, -0.05) is 12.2 Å². The zero-order valence-electron chi connectivity index (χ0n) is 14.4. The number of likely N-dealkylation sites (tertiary alicyclic amines) is 1. The highest BCUT2D eigenvalue weighted by Crippen LogP contribution is 2.17. The first kappa shape index (κ1) is 16.8. The fourth-order valence-electron chi connectivity index (χ4n) is 3.20. The van der Waals surface area contributed by atoms with Crippen molar-refractivity contribution in [2.24, 2.45) is 4.99 Å². The Hall–Kier alpha value is -2.08. The molecule has 0 spiro atoms. The van der Waals surface area contributed by atoms with Gasteiger partial charge >= 0.3 is 0 Å². The van der Waals surface area contributed by atoms with Crippen molar-refractivity contribution in [2.45, 2.75) is 19.4 Å². The third-order valence-electron chi connectivity index (χ3n) is 4.42. The van der Waals surface area contributed by atoms with E-state index >= 15 is 0 Å². The van der Waals surface area contributed by atoms with Gasteiger partial charge in [-0.3, -0.25) is 9.88 Å². The summed E-state index contributed by atoms with van der Waals surface area (Å²) in [4.78, 5) is 13.7. The van der Waals surface area contributed by atoms with Gasteiger partial charge in [-0.05, 0) is 25.5 Å². The quantitative estimate of drug-likeness (QED) is 0.370. The van der Waals surface area contributed by atoms with Crippen LogP contribution in [0.3, 0.4) is 0 Å². The minimum absolute atomic E-state index is 0.563. The van der Waals surface area contributed by atoms with E-state index in [-0.39, 0.29) is 0 Å². The van der Waals surface area contributed by atoms with E-state index in [0.717, 1.165) is 44.4 Å². The topological polar surface area (TPSA) is 53.0 Å². The molecule has 0 bridgehead atoms. The molecular weight excluding hydrogens is 302 g/mol. The molecule has 6 heteroatoms. The third kappa shape index (κ3) is 4.47. The van der Waals surface area contributed by atoms with Crippen LogP contribution in [0.1, 0.15) is 13.3 Å². The zero-order chi connectivity index (χ0) is 16.6. The van der Waals surface area contributed by atoms with E-state index in [9.17, 15) is 0 Å². The van der Waals surface area contributed by atoms with Crippen molar-refractivity contribution in [3.63, 3.8) is 0 Å². The summed E-state index contributed by atoms with van der Waals surface area (Å²) in [5.41, 5.74) is 0. The van der Waals surface area contributed by atoms with Gasteiger partial charge in [-0.25, -0.2) is 4.99 Å². The number of pyridine rings is 1. The predicted molar refractivity (Wildman–Crippen MR) is 96.4 cm³/mol. The van der Waals surface area contributed by atoms with E-state index in [1.54, 1.807) is 12.4 Å². The number of ether oxygens (including phenoxy) is 1. The van der Waals surface area contributed by atoms with Crippen LogP contribution < -0.4 is 10.1 Å². The number of hydrogen-bond donors (Lipinski definition) is 1. The van der Waals surface area contributed by atoms with Crippen molar-refractivity contribution >= 4 is 5.96 Å². The van der Waals surface area contributed by atoms with Gasteiger partial charge in [-0.2, -0.15) is 0 Å². The molecule has 1 aromatic heterocycles. The Morgan fingerprint density at radius 1 is 1.42 bits per heavy atom. The van der Waals surface area contributed by atoms with Gasteiger partial charge in [0.05, 0.1) is 12.7 Å². The molecular formula is C18H27N5O. The summed E-state index contributed by atoms with van der Waals surface area (Å²) < 4.78 is 5.67. The van der Waals surface area contributed by atoms with Crippen molar-refractivity contribution in [1.29, 1.82) is 0 Å². The van der Waals surface area contributed by atoms with Crippen LogP contribution in [0.2, 0.25) is 0 Å². The van der Waals surface area contributed by atoms with Crippen LogP contribution in [0.25, 0.3) is 0 Å². The molecule has 6 nitrogen and oxygen atoms in total. The maximum atomic E-state index is 5.67. The van der Waals surface area contributed by atoms with Crippen molar-refractivity contribution in [2.75, 3.05) is 45.9 Å². The SMILES string of the molecule is CCNC(=NCCOc1cccnc1)N1CCC(N2CC=CC2)C1. The van der Waals surface area contributed by atoms with Gasteiger partial charge in [-0.15, -0.1) is 0 Å². The summed E-state index contributed by atoms with van der Waals surface area (Å²) in [6.07, 6.45) is 9.20. The summed E-state index contributed by atoms with van der Waals surface area (Å²) in [7, 11) is 0. The van der Waals surface area contributed by atoms with Crippen LogP contribution >= 0.6 is 0 Å². The highest BCUT2D eigenvalue weighted by Gasteiger charge is 2.29. The van der Waals surface area contributed by atoms with Crippen LogP contribution in [0, 0.1) is 0 Å². The second kappa shape index (κ2) is 8.68. The van der Waals surface area contributed by atoms with Gasteiger partial charge < -0.3 is 15.0 Å². The monoisotopic (exact) mass is 329 g/mol. The molecule has 1 saturated heterocycles. The molecule has 2 aliphatic rings. The number of rotatable bonds is 6. The first-order chi connectivity index (χ1) is 11.9. The van der Waals surface area contributed by atoms with Crippen LogP contribution in [0.4, 0.5) is 0 Å². The molecule has 3 rings (SSSR count). The Morgan fingerprint density at radius 2 is 2.29 bits per heavy atom. The number of nitrogens with zero attached hydrogens (tertiary/aromatic N) is 4. The Morgan fingerprint density at radius 3 is 3.04 bits per heavy atom. The Balaban J connectivity index is 1.48. The molecule has 0 saturated carbocycles. The molecule has 24 heavy (non-hydrogen) atoms. The molecule has 1 atom stereocenters. The lowest BCUT2D eigenvalue weighted by molar-refractivity contribution is 0.259. The minimum Gasteiger partial charge on any atom is -0.490 e. The average molecular weight is 329 g/mol. The summed E-state index contributed by atoms with van der Waals surface area (Å²) in [5, 5.41) is 3.41. The highest BCUT2D eigenvalue weighted by molar-refractivity contribution is 5.80. The van der Waals surface area contributed by atoms with Gasteiger partial charge in [0.25, 0.3) is 0 Å². The lowest BCUT2D eigenvalue weighted by Gasteiger charge is -2.25. The normalized spacial score (nSPS) is 21.5. The van der Waals surface area contributed by atoms with E-state index < -0.39 is 0 Å². The largest absolute Gasteiger partial charge is 0.490 e. The summed E-state index contributed by atoms with van der Waals surface area (Å²) >= 11 is 0. The van der Waals surface area contributed by atoms with Crippen LogP contribution in [-0.4, -0.2) is 72.7 Å². The molecule has 0 aromatic carbocycles. The molecule has 0 radical (unpaired) electrons. The van der Waals surface area contributed by atoms with Crippen molar-refractivity contribution in [3.05, 3.63) is 36.7 Å². The van der Waals surface area contributed by atoms with Crippen molar-refractivity contribution in [1.82, 2.24) is 20.1 Å². The maximum Gasteiger partial charge on any atom is 0.194 e. The highest BCUT2D eigenvalue weighted by atomic mass is 16.5. The van der Waals surface area contributed by atoms with Crippen LogP contribution in [0.15, 0.2) is 41.7 Å². The Kier molecular flexibility index (Phi) is 6.07. The Bertz CT molecular complexity index is 552. The maximum absolute atomic E-state index is 5.67. The smallest absolute Gasteiger partial charge is 0.194 e. The summed E-state index contributed by atoms with van der Waals surface area (Å²) in [5.74, 6) is 1.79. The van der Waals surface area contributed by atoms with Crippen LogP contribution in [0.5, 0.6) is 5.75 Å². The third-order valence-corrected chi connectivity index (χ3v) is 4.42. The van der Waals surface area contributed by atoms with E-state index in [2.05, 4.69) is 39.2 Å². The van der Waals surface area contributed by atoms with Crippen molar-refractivity contribution < 1.29 is 4.74 Å². The molecule has 1 fully saturated rings. The number of nitrogens with one attached hydrogen (secondary N) is 1. The minimum atomic E-state index is 0.563. The molecule has 130 valence electrons. The molecule has 1 N–H and O–H groups in total. The molecule has 1 aromatic rings. The fourth-order valence-corrected chi connectivity index (χ4v) is 3.20. The predicted octanol–water partition coefficient (Wildman–Crippen LogP) is 1.37. The number of aromatic nitrogens is 1. The van der Waals surface area contributed by atoms with Gasteiger partial charge in [0.15, 0.2) is 5.96 Å². The first-order valence-electron chi connectivity index (χ1n) is 8.82. The van der Waals surface area contributed by atoms with Gasteiger partial charge in [0.2, 0.25) is 0 Å². The molecule has 3 heterocycles. The second-order valence-electron chi connectivity index (χ2n) is 6.09. The van der Waals surface area contributed by atoms with Gasteiger partial charge in [0, 0.05) is 45.0 Å². The van der Waals surface area contributed by atoms with Crippen molar-refractivity contribution in [3.8, 4) is 5.75 Å². The standard InChI is InChI=1S/C18H27N5O/c1-2-20-18(21-9-13-24-17-6-5-8-19-14-17)23-12-7-16(15-23)22-10-3-4-11-22/h3-6,8,14,16H,2,7,9-13,15H2,1H3,(H,20,21). The molecule has 0 amide bonds. The lowest BCUT2D eigenvalue weighted by Crippen LogP contribution is -2.43. The van der Waals surface area contributed by atoms with E-state index in [0.29, 0.717) is 19.2 Å². The van der Waals surface area contributed by atoms with Gasteiger partial charge in [0.1, 0.15) is 12.4 Å². The molecule has 0 aliphatic carbocycles. The number of hydrogen-bond acceptors (Lipinski definition) is 4. The summed E-state index contributed by atoms with van der Waals surface area (Å²) in [6.45, 7) is 8.50. The van der Waals surface area contributed by atoms with E-state index in [1.807, 2.05) is 12.1 Å². The number of guanidine groups is 1. The fraction of sp³-hybridized carbons (Fsp3) is 0.556. The van der Waals surface area contributed by atoms with E-state index in [4.69, 9.17) is 9.73 Å². The summed E-state index contributed by atoms with van der Waals surface area (Å²) in [6, 6.07) is 4.42.